The molecule has 9 nitrogen and oxygen atoms in total. The minimum absolute atomic E-state index is 0.0684. The molecule has 3 amide bonds. The van der Waals surface area contributed by atoms with Gasteiger partial charge in [-0.05, 0) is 57.6 Å². The van der Waals surface area contributed by atoms with Crippen LogP contribution in [-0.4, -0.2) is 70.6 Å². The molecule has 0 radical (unpaired) electrons. The van der Waals surface area contributed by atoms with E-state index < -0.39 is 17.5 Å². The summed E-state index contributed by atoms with van der Waals surface area (Å²) in [4.78, 5) is 53.5. The summed E-state index contributed by atoms with van der Waals surface area (Å²) in [7, 11) is 0. The van der Waals surface area contributed by atoms with Gasteiger partial charge in [-0.25, -0.2) is 4.79 Å². The summed E-state index contributed by atoms with van der Waals surface area (Å²) in [5.41, 5.74) is 0.371. The molecule has 1 saturated heterocycles. The quantitative estimate of drug-likeness (QED) is 0.671. The molecule has 1 fully saturated rings. The lowest BCUT2D eigenvalue weighted by Gasteiger charge is -2.33. The number of nitrogens with zero attached hydrogens (tertiary/aromatic N) is 2. The zero-order chi connectivity index (χ0) is 24.3. The van der Waals surface area contributed by atoms with Crippen molar-refractivity contribution in [1.82, 2.24) is 15.1 Å². The van der Waals surface area contributed by atoms with Gasteiger partial charge in [-0.1, -0.05) is 6.92 Å². The Morgan fingerprint density at radius 1 is 1.18 bits per heavy atom. The van der Waals surface area contributed by atoms with Crippen LogP contribution in [0.15, 0.2) is 6.07 Å². The third kappa shape index (κ3) is 6.46. The van der Waals surface area contributed by atoms with Crippen LogP contribution in [-0.2, 0) is 27.3 Å². The summed E-state index contributed by atoms with van der Waals surface area (Å²) in [6, 6.07) is 1.79. The van der Waals surface area contributed by atoms with Crippen molar-refractivity contribution >= 4 is 35.2 Å². The van der Waals surface area contributed by atoms with Gasteiger partial charge in [0.05, 0.1) is 23.9 Å². The van der Waals surface area contributed by atoms with Gasteiger partial charge in [0, 0.05) is 24.5 Å². The van der Waals surface area contributed by atoms with Gasteiger partial charge < -0.3 is 25.0 Å². The number of likely N-dealkylation sites (tertiary alicyclic amines) is 1. The highest BCUT2D eigenvalue weighted by Crippen LogP contribution is 2.29. The second-order valence-electron chi connectivity index (χ2n) is 9.74. The summed E-state index contributed by atoms with van der Waals surface area (Å²) in [6.45, 7) is 9.04. The molecule has 10 heteroatoms. The van der Waals surface area contributed by atoms with Crippen LogP contribution in [0.2, 0.25) is 0 Å². The lowest BCUT2D eigenvalue weighted by Crippen LogP contribution is -2.45. The number of aliphatic carboxylic acids is 1. The second kappa shape index (κ2) is 10.1. The molecule has 1 atom stereocenters. The molecule has 1 aromatic heterocycles. The average Bonchev–Trinajstić information content (AvgIpc) is 3.19. The van der Waals surface area contributed by atoms with E-state index in [1.807, 2.05) is 20.8 Å². The molecule has 0 aliphatic carbocycles. The van der Waals surface area contributed by atoms with Crippen LogP contribution < -0.4 is 5.32 Å². The van der Waals surface area contributed by atoms with Gasteiger partial charge in [-0.15, -0.1) is 11.3 Å². The van der Waals surface area contributed by atoms with Crippen LogP contribution >= 0.6 is 11.3 Å². The Kier molecular flexibility index (Phi) is 7.66. The number of carboxylic acid groups (broad SMARTS) is 1. The molecule has 2 aliphatic rings. The molecule has 1 unspecified atom stereocenters. The average molecular weight is 480 g/mol. The molecule has 3 rings (SSSR count). The van der Waals surface area contributed by atoms with Gasteiger partial charge in [0.2, 0.25) is 5.91 Å². The van der Waals surface area contributed by atoms with Crippen LogP contribution in [0.4, 0.5) is 4.79 Å². The number of piperidine rings is 1. The molecule has 0 bridgehead atoms. The number of amides is 3. The maximum absolute atomic E-state index is 12.6. The highest BCUT2D eigenvalue weighted by atomic mass is 32.1. The van der Waals surface area contributed by atoms with Gasteiger partial charge in [-0.2, -0.15) is 0 Å². The standard InChI is InChI=1S/C23H33N3O6S/c1-14(21(29)30)15-5-8-25(9-6-15)19(27)12-24-20(28)18-11-16-13-26(10-7-17(16)33-18)22(31)32-23(2,3)4/h11,14-15H,5-10,12-13H2,1-4H3,(H,24,28)(H,29,30). The number of fused-ring (bicyclic) bond motifs is 1. The first-order valence-electron chi connectivity index (χ1n) is 11.3. The largest absolute Gasteiger partial charge is 0.481 e. The maximum Gasteiger partial charge on any atom is 0.410 e. The fourth-order valence-corrected chi connectivity index (χ4v) is 5.21. The van der Waals surface area contributed by atoms with E-state index in [0.717, 1.165) is 10.4 Å². The first-order valence-corrected chi connectivity index (χ1v) is 12.1. The van der Waals surface area contributed by atoms with Crippen molar-refractivity contribution in [3.05, 3.63) is 21.4 Å². The van der Waals surface area contributed by atoms with Crippen molar-refractivity contribution in [1.29, 1.82) is 0 Å². The minimum Gasteiger partial charge on any atom is -0.481 e. The number of thiophene rings is 1. The monoisotopic (exact) mass is 479 g/mol. The second-order valence-corrected chi connectivity index (χ2v) is 10.9. The number of rotatable bonds is 5. The fourth-order valence-electron chi connectivity index (χ4n) is 4.13. The van der Waals surface area contributed by atoms with E-state index >= 15 is 0 Å². The molecule has 3 heterocycles. The molecule has 0 saturated carbocycles. The summed E-state index contributed by atoms with van der Waals surface area (Å²) < 4.78 is 5.44. The van der Waals surface area contributed by atoms with Crippen molar-refractivity contribution in [2.45, 2.75) is 59.1 Å². The van der Waals surface area contributed by atoms with E-state index in [1.165, 1.54) is 11.3 Å². The van der Waals surface area contributed by atoms with E-state index in [9.17, 15) is 19.2 Å². The maximum atomic E-state index is 12.6. The van der Waals surface area contributed by atoms with E-state index in [4.69, 9.17) is 9.84 Å². The summed E-state index contributed by atoms with van der Waals surface area (Å²) in [5, 5.41) is 11.9. The number of nitrogens with one attached hydrogen (secondary N) is 1. The number of carbonyl (C=O) groups is 4. The van der Waals surface area contributed by atoms with Crippen molar-refractivity contribution in [2.24, 2.45) is 11.8 Å². The predicted molar refractivity (Wildman–Crippen MR) is 123 cm³/mol. The van der Waals surface area contributed by atoms with Crippen LogP contribution in [0.25, 0.3) is 0 Å². The fraction of sp³-hybridized carbons (Fsp3) is 0.652. The lowest BCUT2D eigenvalue weighted by atomic mass is 9.85. The van der Waals surface area contributed by atoms with Crippen molar-refractivity contribution in [2.75, 3.05) is 26.2 Å². The number of carbonyl (C=O) groups excluding carboxylic acids is 3. The topological polar surface area (TPSA) is 116 Å². The first-order chi connectivity index (χ1) is 15.4. The zero-order valence-corrected chi connectivity index (χ0v) is 20.5. The van der Waals surface area contributed by atoms with Gasteiger partial charge in [0.1, 0.15) is 5.60 Å². The van der Waals surface area contributed by atoms with Gasteiger partial charge in [-0.3, -0.25) is 14.4 Å². The van der Waals surface area contributed by atoms with Crippen molar-refractivity contribution < 1.29 is 29.0 Å². The minimum atomic E-state index is -0.806. The third-order valence-electron chi connectivity index (χ3n) is 6.13. The smallest absolute Gasteiger partial charge is 0.410 e. The van der Waals surface area contributed by atoms with Crippen LogP contribution in [0, 0.1) is 11.8 Å². The van der Waals surface area contributed by atoms with Crippen molar-refractivity contribution in [3.63, 3.8) is 0 Å². The predicted octanol–water partition coefficient (Wildman–Crippen LogP) is 2.73. The molecule has 1 aromatic rings. The third-order valence-corrected chi connectivity index (χ3v) is 7.37. The summed E-state index contributed by atoms with van der Waals surface area (Å²) >= 11 is 1.39. The molecular weight excluding hydrogens is 446 g/mol. The number of carboxylic acids is 1. The SMILES string of the molecule is CC(C(=O)O)C1CCN(C(=O)CNC(=O)c2cc3c(s2)CCN(C(=O)OC(C)(C)C)C3)CC1. The Balaban J connectivity index is 1.49. The Morgan fingerprint density at radius 2 is 1.85 bits per heavy atom. The number of hydrogen-bond acceptors (Lipinski definition) is 6. The van der Waals surface area contributed by atoms with E-state index in [1.54, 1.807) is 22.8 Å². The first kappa shape index (κ1) is 25.0. The Hall–Kier alpha value is -2.62. The van der Waals surface area contributed by atoms with Crippen LogP contribution in [0.3, 0.4) is 0 Å². The molecule has 182 valence electrons. The van der Waals surface area contributed by atoms with Crippen molar-refractivity contribution in [3.8, 4) is 0 Å². The van der Waals surface area contributed by atoms with Crippen LogP contribution in [0.1, 0.15) is 60.6 Å². The number of ether oxygens (including phenoxy) is 1. The Morgan fingerprint density at radius 3 is 2.45 bits per heavy atom. The highest BCUT2D eigenvalue weighted by Gasteiger charge is 2.30. The normalized spacial score (nSPS) is 17.8. The molecule has 0 spiro atoms. The number of hydrogen-bond donors (Lipinski definition) is 2. The highest BCUT2D eigenvalue weighted by molar-refractivity contribution is 7.14. The van der Waals surface area contributed by atoms with E-state index in [0.29, 0.717) is 50.3 Å². The van der Waals surface area contributed by atoms with Gasteiger partial charge >= 0.3 is 12.1 Å². The van der Waals surface area contributed by atoms with Gasteiger partial charge in [0.25, 0.3) is 5.91 Å². The molecule has 33 heavy (non-hydrogen) atoms. The molecule has 2 N–H and O–H groups in total. The summed E-state index contributed by atoms with van der Waals surface area (Å²) in [5.74, 6) is -1.63. The molecule has 2 aliphatic heterocycles. The molecular formula is C23H33N3O6S. The van der Waals surface area contributed by atoms with Gasteiger partial charge in [0.15, 0.2) is 0 Å². The van der Waals surface area contributed by atoms with Crippen LogP contribution in [0.5, 0.6) is 0 Å². The van der Waals surface area contributed by atoms with E-state index in [-0.39, 0.29) is 30.4 Å². The Labute approximate surface area is 198 Å². The molecule has 0 aromatic carbocycles. The zero-order valence-electron chi connectivity index (χ0n) is 19.7. The summed E-state index contributed by atoms with van der Waals surface area (Å²) in [6.07, 6.45) is 1.60. The Bertz CT molecular complexity index is 914. The van der Waals surface area contributed by atoms with E-state index in [2.05, 4.69) is 5.32 Å². The lowest BCUT2D eigenvalue weighted by molar-refractivity contribution is -0.143.